The molecule has 0 saturated heterocycles. The van der Waals surface area contributed by atoms with E-state index in [0.29, 0.717) is 17.5 Å². The maximum absolute atomic E-state index is 9.98. The first-order valence-electron chi connectivity index (χ1n) is 8.85. The summed E-state index contributed by atoms with van der Waals surface area (Å²) < 4.78 is 12.7. The van der Waals surface area contributed by atoms with Gasteiger partial charge in [0, 0.05) is 25.0 Å². The number of hydrogen-bond acceptors (Lipinski definition) is 3. The third kappa shape index (κ3) is 4.90. The minimum absolute atomic E-state index is 0. The summed E-state index contributed by atoms with van der Waals surface area (Å²) in [4.78, 5) is 0. The first-order valence-corrected chi connectivity index (χ1v) is 8.85. The van der Waals surface area contributed by atoms with Crippen molar-refractivity contribution < 1.29 is 43.1 Å². The lowest BCUT2D eigenvalue weighted by molar-refractivity contribution is -0.725. The number of benzene rings is 1. The lowest BCUT2D eigenvalue weighted by atomic mass is 9.95. The number of aromatic nitrogens is 1. The molecule has 1 aromatic heterocycles. The van der Waals surface area contributed by atoms with Crippen molar-refractivity contribution in [2.75, 3.05) is 14.2 Å². The van der Waals surface area contributed by atoms with Gasteiger partial charge in [-0.25, -0.2) is 4.57 Å². The highest BCUT2D eigenvalue weighted by Gasteiger charge is 2.20. The van der Waals surface area contributed by atoms with Crippen molar-refractivity contribution >= 4 is 12.2 Å². The molecule has 1 aliphatic rings. The minimum atomic E-state index is 0. The molecule has 140 valence electrons. The molecule has 26 heavy (non-hydrogen) atoms. The number of rotatable bonds is 5. The van der Waals surface area contributed by atoms with Crippen LogP contribution in [0.5, 0.6) is 17.2 Å². The lowest BCUT2D eigenvalue weighted by Crippen LogP contribution is -3.00. The monoisotopic (exact) mass is 467 g/mol. The predicted molar refractivity (Wildman–Crippen MR) is 98.9 cm³/mol. The van der Waals surface area contributed by atoms with E-state index in [0.717, 1.165) is 11.1 Å². The van der Waals surface area contributed by atoms with Gasteiger partial charge in [-0.2, -0.15) is 0 Å². The van der Waals surface area contributed by atoms with E-state index < -0.39 is 0 Å². The van der Waals surface area contributed by atoms with Crippen LogP contribution in [0.2, 0.25) is 0 Å². The zero-order valence-corrected chi connectivity index (χ0v) is 17.5. The molecule has 1 fully saturated rings. The Balaban J connectivity index is 0.00000243. The number of methoxy groups -OCH3 is 2. The number of aromatic hydroxyl groups is 1. The van der Waals surface area contributed by atoms with Crippen LogP contribution in [0.3, 0.4) is 0 Å². The van der Waals surface area contributed by atoms with Crippen LogP contribution in [-0.4, -0.2) is 19.3 Å². The molecule has 1 aliphatic carbocycles. The third-order valence-electron chi connectivity index (χ3n) is 4.84. The summed E-state index contributed by atoms with van der Waals surface area (Å²) >= 11 is 0. The second-order valence-electron chi connectivity index (χ2n) is 6.48. The zero-order chi connectivity index (χ0) is 17.6. The minimum Gasteiger partial charge on any atom is -1.00 e. The van der Waals surface area contributed by atoms with E-state index in [-0.39, 0.29) is 29.7 Å². The number of phenols is 1. The molecular formula is C21H26INO3. The summed E-state index contributed by atoms with van der Waals surface area (Å²) in [7, 11) is 3.06. The number of pyridine rings is 1. The Labute approximate surface area is 172 Å². The summed E-state index contributed by atoms with van der Waals surface area (Å²) in [5, 5.41) is 9.98. The van der Waals surface area contributed by atoms with Gasteiger partial charge in [0.05, 0.1) is 14.2 Å². The van der Waals surface area contributed by atoms with Gasteiger partial charge in [-0.15, -0.1) is 0 Å². The average Bonchev–Trinajstić information content (AvgIpc) is 2.68. The van der Waals surface area contributed by atoms with Gasteiger partial charge in [0.1, 0.15) is 0 Å². The fourth-order valence-corrected chi connectivity index (χ4v) is 3.39. The SMILES string of the molecule is COc1cc(C=Cc2cc[n+](C3CCCCC3)cc2)cc(OC)c1O.[I-]. The largest absolute Gasteiger partial charge is 1.00 e. The van der Waals surface area contributed by atoms with Gasteiger partial charge >= 0.3 is 0 Å². The van der Waals surface area contributed by atoms with Crippen molar-refractivity contribution in [3.63, 3.8) is 0 Å². The second-order valence-corrected chi connectivity index (χ2v) is 6.48. The normalized spacial score (nSPS) is 14.8. The van der Waals surface area contributed by atoms with Crippen LogP contribution in [0.25, 0.3) is 12.2 Å². The zero-order valence-electron chi connectivity index (χ0n) is 15.3. The van der Waals surface area contributed by atoms with E-state index >= 15 is 0 Å². The molecule has 2 aromatic rings. The standard InChI is InChI=1S/C21H25NO3.HI/c1-24-19-14-17(15-20(25-2)21(19)23)9-8-16-10-12-22(13-11-16)18-6-4-3-5-7-18;/h8-15,18H,3-7H2,1-2H3;1H. The highest BCUT2D eigenvalue weighted by atomic mass is 127. The molecule has 1 N–H and O–H groups in total. The molecule has 1 aromatic carbocycles. The molecule has 0 atom stereocenters. The molecular weight excluding hydrogens is 441 g/mol. The van der Waals surface area contributed by atoms with E-state index in [4.69, 9.17) is 9.47 Å². The number of phenolic OH excluding ortho intramolecular Hbond substituents is 1. The van der Waals surface area contributed by atoms with E-state index in [9.17, 15) is 5.11 Å². The molecule has 0 unspecified atom stereocenters. The van der Waals surface area contributed by atoms with Crippen LogP contribution in [-0.2, 0) is 0 Å². The van der Waals surface area contributed by atoms with Crippen LogP contribution in [0.1, 0.15) is 49.3 Å². The Hall–Kier alpha value is -1.76. The topological polar surface area (TPSA) is 42.6 Å². The Morgan fingerprint density at radius 1 is 0.923 bits per heavy atom. The van der Waals surface area contributed by atoms with Crippen molar-refractivity contribution in [3.05, 3.63) is 47.8 Å². The summed E-state index contributed by atoms with van der Waals surface area (Å²) in [6.45, 7) is 0. The van der Waals surface area contributed by atoms with E-state index in [2.05, 4.69) is 35.2 Å². The van der Waals surface area contributed by atoms with Gasteiger partial charge in [-0.1, -0.05) is 18.6 Å². The third-order valence-corrected chi connectivity index (χ3v) is 4.84. The van der Waals surface area contributed by atoms with Gasteiger partial charge in [-0.05, 0) is 36.1 Å². The highest BCUT2D eigenvalue weighted by molar-refractivity contribution is 5.72. The predicted octanol–water partition coefficient (Wildman–Crippen LogP) is 1.38. The van der Waals surface area contributed by atoms with Gasteiger partial charge in [-0.3, -0.25) is 0 Å². The number of ether oxygens (including phenoxy) is 2. The molecule has 0 bridgehead atoms. The summed E-state index contributed by atoms with van der Waals surface area (Å²) in [5.41, 5.74) is 2.05. The molecule has 0 spiro atoms. The van der Waals surface area contributed by atoms with Crippen molar-refractivity contribution in [3.8, 4) is 17.2 Å². The van der Waals surface area contributed by atoms with E-state index in [1.807, 2.05) is 6.08 Å². The molecule has 0 aliphatic heterocycles. The quantitative estimate of drug-likeness (QED) is 0.534. The Morgan fingerprint density at radius 3 is 2.00 bits per heavy atom. The maximum Gasteiger partial charge on any atom is 0.200 e. The number of nitrogens with zero attached hydrogens (tertiary/aromatic N) is 1. The molecule has 3 rings (SSSR count). The summed E-state index contributed by atoms with van der Waals surface area (Å²) in [6, 6.07) is 8.51. The highest BCUT2D eigenvalue weighted by Crippen LogP contribution is 2.37. The van der Waals surface area contributed by atoms with Gasteiger partial charge in [0.15, 0.2) is 29.9 Å². The van der Waals surface area contributed by atoms with Gasteiger partial charge < -0.3 is 38.6 Å². The van der Waals surface area contributed by atoms with Crippen molar-refractivity contribution in [2.45, 2.75) is 38.1 Å². The first kappa shape index (κ1) is 20.6. The summed E-state index contributed by atoms with van der Waals surface area (Å²) in [5.74, 6) is 0.833. The fraction of sp³-hybridized carbons (Fsp3) is 0.381. The smallest absolute Gasteiger partial charge is 0.200 e. The Bertz CT molecular complexity index is 712. The maximum atomic E-state index is 9.98. The molecule has 1 saturated carbocycles. The Kier molecular flexibility index (Phi) is 7.75. The number of hydrogen-bond donors (Lipinski definition) is 1. The van der Waals surface area contributed by atoms with Crippen molar-refractivity contribution in [1.82, 2.24) is 0 Å². The second kappa shape index (κ2) is 9.80. The number of halogens is 1. The first-order chi connectivity index (χ1) is 12.2. The Morgan fingerprint density at radius 2 is 1.46 bits per heavy atom. The van der Waals surface area contributed by atoms with E-state index in [1.54, 1.807) is 12.1 Å². The van der Waals surface area contributed by atoms with Crippen molar-refractivity contribution in [2.24, 2.45) is 0 Å². The molecule has 0 amide bonds. The molecule has 1 heterocycles. The van der Waals surface area contributed by atoms with Crippen LogP contribution < -0.4 is 38.0 Å². The van der Waals surface area contributed by atoms with Gasteiger partial charge in [0.25, 0.3) is 0 Å². The molecule has 4 nitrogen and oxygen atoms in total. The summed E-state index contributed by atoms with van der Waals surface area (Å²) in [6.07, 6.45) is 15.0. The van der Waals surface area contributed by atoms with Crippen LogP contribution >= 0.6 is 0 Å². The van der Waals surface area contributed by atoms with Crippen molar-refractivity contribution in [1.29, 1.82) is 0 Å². The van der Waals surface area contributed by atoms with Crippen LogP contribution in [0.15, 0.2) is 36.7 Å². The van der Waals surface area contributed by atoms with E-state index in [1.165, 1.54) is 46.3 Å². The molecule has 5 heteroatoms. The lowest BCUT2D eigenvalue weighted by Gasteiger charge is -2.16. The van der Waals surface area contributed by atoms with Gasteiger partial charge in [0.2, 0.25) is 5.75 Å². The van der Waals surface area contributed by atoms with Crippen LogP contribution in [0, 0.1) is 0 Å². The fourth-order valence-electron chi connectivity index (χ4n) is 3.39. The molecule has 0 radical (unpaired) electrons. The van der Waals surface area contributed by atoms with Crippen LogP contribution in [0.4, 0.5) is 0 Å². The average molecular weight is 467 g/mol.